The van der Waals surface area contributed by atoms with Crippen molar-refractivity contribution in [3.8, 4) is 0 Å². The molecule has 0 saturated carbocycles. The number of nitrogens with one attached hydrogen (secondary N) is 2. The second-order valence-electron chi connectivity index (χ2n) is 8.39. The topological polar surface area (TPSA) is 42.9 Å². The number of hydrogen-bond donors (Lipinski definition) is 2. The summed E-state index contributed by atoms with van der Waals surface area (Å²) in [4.78, 5) is 9.44. The molecule has 0 atom stereocenters. The highest BCUT2D eigenvalue weighted by molar-refractivity contribution is 5.79. The number of nitrogens with zero attached hydrogens (tertiary/aromatic N) is 3. The Morgan fingerprint density at radius 2 is 1.65 bits per heavy atom. The van der Waals surface area contributed by atoms with E-state index in [4.69, 9.17) is 0 Å². The molecule has 1 heterocycles. The van der Waals surface area contributed by atoms with Crippen molar-refractivity contribution in [2.24, 2.45) is 4.99 Å². The van der Waals surface area contributed by atoms with Gasteiger partial charge in [-0.15, -0.1) is 0 Å². The van der Waals surface area contributed by atoms with Crippen LogP contribution in [0.15, 0.2) is 59.6 Å². The first-order valence-corrected chi connectivity index (χ1v) is 11.7. The Bertz CT molecular complexity index is 792. The molecule has 1 saturated heterocycles. The van der Waals surface area contributed by atoms with Crippen LogP contribution in [-0.2, 0) is 19.6 Å². The highest BCUT2D eigenvalue weighted by Crippen LogP contribution is 2.14. The normalized spacial score (nSPS) is 15.9. The summed E-state index contributed by atoms with van der Waals surface area (Å²) in [5, 5.41) is 7.13. The molecule has 2 aromatic rings. The summed E-state index contributed by atoms with van der Waals surface area (Å²) >= 11 is 0. The van der Waals surface area contributed by atoms with Gasteiger partial charge in [-0.25, -0.2) is 0 Å². The van der Waals surface area contributed by atoms with Crippen molar-refractivity contribution in [1.29, 1.82) is 0 Å². The smallest absolute Gasteiger partial charge is 0.191 e. The summed E-state index contributed by atoms with van der Waals surface area (Å²) in [6.07, 6.45) is 2.29. The zero-order valence-corrected chi connectivity index (χ0v) is 19.5. The first kappa shape index (κ1) is 23.3. The molecule has 31 heavy (non-hydrogen) atoms. The molecule has 0 amide bonds. The quantitative estimate of drug-likeness (QED) is 0.477. The molecule has 0 aliphatic carbocycles. The Morgan fingerprint density at radius 1 is 0.968 bits per heavy atom. The van der Waals surface area contributed by atoms with Gasteiger partial charge in [0.2, 0.25) is 0 Å². The maximum atomic E-state index is 4.45. The van der Waals surface area contributed by atoms with Crippen molar-refractivity contribution in [2.45, 2.75) is 52.4 Å². The van der Waals surface area contributed by atoms with E-state index in [1.807, 2.05) is 7.05 Å². The van der Waals surface area contributed by atoms with Gasteiger partial charge in [-0.3, -0.25) is 14.8 Å². The molecule has 0 radical (unpaired) electrons. The molecule has 0 unspecified atom stereocenters. The molecule has 2 aromatic carbocycles. The predicted octanol–water partition coefficient (Wildman–Crippen LogP) is 3.86. The Balaban J connectivity index is 1.43. The number of rotatable bonds is 9. The monoisotopic (exact) mass is 421 g/mol. The Hall–Kier alpha value is -2.37. The lowest BCUT2D eigenvalue weighted by Crippen LogP contribution is -2.48. The van der Waals surface area contributed by atoms with Gasteiger partial charge in [0.1, 0.15) is 0 Å². The summed E-state index contributed by atoms with van der Waals surface area (Å²) in [6, 6.07) is 20.1. The number of piperidine rings is 1. The molecule has 168 valence electrons. The van der Waals surface area contributed by atoms with Crippen LogP contribution in [0.4, 0.5) is 0 Å². The lowest BCUT2D eigenvalue weighted by Gasteiger charge is -2.33. The molecule has 3 rings (SSSR count). The fraction of sp³-hybridized carbons (Fsp3) is 0.500. The van der Waals surface area contributed by atoms with Gasteiger partial charge in [0.25, 0.3) is 0 Å². The molecule has 5 heteroatoms. The predicted molar refractivity (Wildman–Crippen MR) is 131 cm³/mol. The van der Waals surface area contributed by atoms with Crippen LogP contribution in [0.5, 0.6) is 0 Å². The zero-order valence-electron chi connectivity index (χ0n) is 19.5. The van der Waals surface area contributed by atoms with Crippen molar-refractivity contribution in [3.63, 3.8) is 0 Å². The fourth-order valence-corrected chi connectivity index (χ4v) is 4.19. The minimum Gasteiger partial charge on any atom is -0.354 e. The van der Waals surface area contributed by atoms with Crippen LogP contribution < -0.4 is 10.6 Å². The van der Waals surface area contributed by atoms with E-state index < -0.39 is 0 Å². The average Bonchev–Trinajstić information content (AvgIpc) is 2.82. The maximum absolute atomic E-state index is 4.45. The molecule has 2 N–H and O–H groups in total. The van der Waals surface area contributed by atoms with Crippen molar-refractivity contribution >= 4 is 5.96 Å². The summed E-state index contributed by atoms with van der Waals surface area (Å²) in [5.41, 5.74) is 4.07. The minimum absolute atomic E-state index is 0.479. The first-order chi connectivity index (χ1) is 15.2. The van der Waals surface area contributed by atoms with Gasteiger partial charge >= 0.3 is 0 Å². The van der Waals surface area contributed by atoms with Gasteiger partial charge < -0.3 is 10.6 Å². The van der Waals surface area contributed by atoms with E-state index in [0.29, 0.717) is 6.04 Å². The fourth-order valence-electron chi connectivity index (χ4n) is 4.19. The molecule has 1 fully saturated rings. The highest BCUT2D eigenvalue weighted by atomic mass is 15.2. The standard InChI is InChI=1S/C26H39N5/c1-4-30(5-2)21-24-13-9-12-23(18-24)19-28-26(27-3)29-25-14-16-31(17-15-25)20-22-10-7-6-8-11-22/h6-13,18,25H,4-5,14-17,19-21H2,1-3H3,(H2,27,28,29). The van der Waals surface area contributed by atoms with E-state index in [9.17, 15) is 0 Å². The van der Waals surface area contributed by atoms with E-state index in [1.54, 1.807) is 0 Å². The number of guanidine groups is 1. The number of hydrogen-bond acceptors (Lipinski definition) is 3. The van der Waals surface area contributed by atoms with Gasteiger partial charge in [-0.2, -0.15) is 0 Å². The Morgan fingerprint density at radius 3 is 2.32 bits per heavy atom. The molecule has 1 aliphatic heterocycles. The molecular weight excluding hydrogens is 382 g/mol. The third kappa shape index (κ3) is 7.67. The van der Waals surface area contributed by atoms with Crippen LogP contribution in [0.1, 0.15) is 43.4 Å². The van der Waals surface area contributed by atoms with Crippen LogP contribution in [0.25, 0.3) is 0 Å². The van der Waals surface area contributed by atoms with Crippen molar-refractivity contribution in [2.75, 3.05) is 33.2 Å². The lowest BCUT2D eigenvalue weighted by atomic mass is 10.0. The van der Waals surface area contributed by atoms with E-state index in [0.717, 1.165) is 64.6 Å². The van der Waals surface area contributed by atoms with Crippen LogP contribution in [0, 0.1) is 0 Å². The molecule has 5 nitrogen and oxygen atoms in total. The number of likely N-dealkylation sites (tertiary alicyclic amines) is 1. The molecule has 0 spiro atoms. The Labute approximate surface area is 188 Å². The van der Waals surface area contributed by atoms with Crippen molar-refractivity contribution < 1.29 is 0 Å². The largest absolute Gasteiger partial charge is 0.354 e. The highest BCUT2D eigenvalue weighted by Gasteiger charge is 2.20. The Kier molecular flexibility index (Phi) is 9.38. The van der Waals surface area contributed by atoms with Crippen LogP contribution in [0.3, 0.4) is 0 Å². The summed E-state index contributed by atoms with van der Waals surface area (Å²) in [5.74, 6) is 0.899. The van der Waals surface area contributed by atoms with Gasteiger partial charge in [0.15, 0.2) is 5.96 Å². The zero-order chi connectivity index (χ0) is 21.9. The maximum Gasteiger partial charge on any atom is 0.191 e. The average molecular weight is 422 g/mol. The summed E-state index contributed by atoms with van der Waals surface area (Å²) < 4.78 is 0. The van der Waals surface area contributed by atoms with E-state index >= 15 is 0 Å². The first-order valence-electron chi connectivity index (χ1n) is 11.7. The van der Waals surface area contributed by atoms with E-state index in [2.05, 4.69) is 93.9 Å². The second kappa shape index (κ2) is 12.5. The van der Waals surface area contributed by atoms with Crippen LogP contribution in [-0.4, -0.2) is 55.0 Å². The number of benzene rings is 2. The van der Waals surface area contributed by atoms with Gasteiger partial charge in [-0.1, -0.05) is 68.4 Å². The van der Waals surface area contributed by atoms with Crippen molar-refractivity contribution in [3.05, 3.63) is 71.3 Å². The summed E-state index contributed by atoms with van der Waals surface area (Å²) in [7, 11) is 1.86. The molecule has 1 aliphatic rings. The van der Waals surface area contributed by atoms with E-state index in [-0.39, 0.29) is 0 Å². The second-order valence-corrected chi connectivity index (χ2v) is 8.39. The van der Waals surface area contributed by atoms with Crippen LogP contribution in [0.2, 0.25) is 0 Å². The SMILES string of the molecule is CCN(CC)Cc1cccc(CNC(=NC)NC2CCN(Cc3ccccc3)CC2)c1. The van der Waals surface area contributed by atoms with E-state index in [1.165, 1.54) is 16.7 Å². The van der Waals surface area contributed by atoms with Gasteiger partial charge in [0, 0.05) is 45.8 Å². The van der Waals surface area contributed by atoms with Crippen LogP contribution >= 0.6 is 0 Å². The molecule has 0 aromatic heterocycles. The summed E-state index contributed by atoms with van der Waals surface area (Å²) in [6.45, 7) is 11.7. The van der Waals surface area contributed by atoms with Gasteiger partial charge in [-0.05, 0) is 42.6 Å². The van der Waals surface area contributed by atoms with Crippen molar-refractivity contribution in [1.82, 2.24) is 20.4 Å². The minimum atomic E-state index is 0.479. The third-order valence-corrected chi connectivity index (χ3v) is 6.15. The molecular formula is C26H39N5. The number of aliphatic imine (C=N–C) groups is 1. The lowest BCUT2D eigenvalue weighted by molar-refractivity contribution is 0.198. The molecule has 0 bridgehead atoms. The third-order valence-electron chi connectivity index (χ3n) is 6.15. The van der Waals surface area contributed by atoms with Gasteiger partial charge in [0.05, 0.1) is 0 Å².